The summed E-state index contributed by atoms with van der Waals surface area (Å²) in [6, 6.07) is 4.35. The summed E-state index contributed by atoms with van der Waals surface area (Å²) in [7, 11) is 0. The molecule has 2 aromatic rings. The maximum absolute atomic E-state index is 13.7. The van der Waals surface area contributed by atoms with Crippen molar-refractivity contribution in [2.24, 2.45) is 0 Å². The Morgan fingerprint density at radius 1 is 1.11 bits per heavy atom. The third-order valence-electron chi connectivity index (χ3n) is 5.20. The molecule has 8 heteroatoms. The molecule has 6 nitrogen and oxygen atoms in total. The monoisotopic (exact) mass is 389 g/mol. The van der Waals surface area contributed by atoms with E-state index >= 15 is 0 Å². The van der Waals surface area contributed by atoms with Gasteiger partial charge in [-0.15, -0.1) is 0 Å². The van der Waals surface area contributed by atoms with Crippen molar-refractivity contribution in [3.05, 3.63) is 47.0 Å². The van der Waals surface area contributed by atoms with Crippen LogP contribution in [0, 0.1) is 12.7 Å². The second kappa shape index (κ2) is 7.40. The molecule has 2 aliphatic heterocycles. The predicted octanol–water partition coefficient (Wildman–Crippen LogP) is 2.51. The topological polar surface area (TPSA) is 52.6 Å². The Bertz CT molecular complexity index is 838. The van der Waals surface area contributed by atoms with E-state index in [4.69, 9.17) is 11.6 Å². The van der Waals surface area contributed by atoms with Gasteiger partial charge in [-0.05, 0) is 37.1 Å². The molecule has 0 N–H and O–H groups in total. The highest BCUT2D eigenvalue weighted by molar-refractivity contribution is 6.30. The molecule has 0 aliphatic carbocycles. The van der Waals surface area contributed by atoms with Crippen molar-refractivity contribution >= 4 is 29.1 Å². The van der Waals surface area contributed by atoms with E-state index in [0.29, 0.717) is 12.2 Å². The van der Waals surface area contributed by atoms with E-state index in [1.165, 1.54) is 12.1 Å². The van der Waals surface area contributed by atoms with Gasteiger partial charge in [0.25, 0.3) is 0 Å². The normalized spacial score (nSPS) is 21.1. The van der Waals surface area contributed by atoms with Gasteiger partial charge < -0.3 is 9.80 Å². The zero-order chi connectivity index (χ0) is 19.0. The number of aromatic nitrogens is 2. The van der Waals surface area contributed by atoms with Crippen LogP contribution < -0.4 is 9.80 Å². The number of nitrogens with zero attached hydrogens (tertiary/aromatic N) is 5. The summed E-state index contributed by atoms with van der Waals surface area (Å²) in [5.41, 5.74) is 1.60. The van der Waals surface area contributed by atoms with Crippen molar-refractivity contribution in [1.82, 2.24) is 14.9 Å². The lowest BCUT2D eigenvalue weighted by atomic mass is 10.2. The number of anilines is 2. The van der Waals surface area contributed by atoms with Crippen LogP contribution >= 0.6 is 11.6 Å². The smallest absolute Gasteiger partial charge is 0.244 e. The van der Waals surface area contributed by atoms with E-state index in [1.54, 1.807) is 11.0 Å². The Morgan fingerprint density at radius 2 is 1.81 bits per heavy atom. The molecule has 142 valence electrons. The zero-order valence-corrected chi connectivity index (χ0v) is 15.9. The standard InChI is InChI=1S/C19H21ClFN5O/c1-13-11-22-19(23-12-13)25-8-6-24(7-9-25)17-4-5-26(18(17)27)14-2-3-15(20)16(21)10-14/h2-3,10-12,17H,4-9H2,1H3. The van der Waals surface area contributed by atoms with Gasteiger partial charge in [0.1, 0.15) is 5.82 Å². The molecule has 2 saturated heterocycles. The molecule has 0 radical (unpaired) electrons. The van der Waals surface area contributed by atoms with Gasteiger partial charge >= 0.3 is 0 Å². The first-order chi connectivity index (χ1) is 13.0. The van der Waals surface area contributed by atoms with Crippen molar-refractivity contribution in [3.63, 3.8) is 0 Å². The van der Waals surface area contributed by atoms with Crippen LogP contribution in [0.4, 0.5) is 16.0 Å². The third kappa shape index (κ3) is 3.61. The summed E-state index contributed by atoms with van der Waals surface area (Å²) < 4.78 is 13.7. The summed E-state index contributed by atoms with van der Waals surface area (Å²) in [5.74, 6) is 0.255. The van der Waals surface area contributed by atoms with Crippen LogP contribution in [-0.2, 0) is 4.79 Å². The Labute approximate surface area is 162 Å². The van der Waals surface area contributed by atoms with Crippen LogP contribution in [0.2, 0.25) is 5.02 Å². The highest BCUT2D eigenvalue weighted by atomic mass is 35.5. The Hall–Kier alpha value is -2.25. The zero-order valence-electron chi connectivity index (χ0n) is 15.1. The number of carbonyl (C=O) groups is 1. The van der Waals surface area contributed by atoms with E-state index in [-0.39, 0.29) is 17.0 Å². The van der Waals surface area contributed by atoms with Crippen molar-refractivity contribution in [1.29, 1.82) is 0 Å². The molecule has 1 amide bonds. The number of amides is 1. The molecule has 0 saturated carbocycles. The summed E-state index contributed by atoms with van der Waals surface area (Å²) in [6.45, 7) is 5.66. The van der Waals surface area contributed by atoms with Gasteiger partial charge in [0.2, 0.25) is 11.9 Å². The number of aryl methyl sites for hydroxylation is 1. The van der Waals surface area contributed by atoms with Gasteiger partial charge in [0.15, 0.2) is 0 Å². The second-order valence-electron chi connectivity index (χ2n) is 6.98. The van der Waals surface area contributed by atoms with E-state index < -0.39 is 5.82 Å². The predicted molar refractivity (Wildman–Crippen MR) is 103 cm³/mol. The fourth-order valence-corrected chi connectivity index (χ4v) is 3.81. The maximum Gasteiger partial charge on any atom is 0.244 e. The van der Waals surface area contributed by atoms with Crippen LogP contribution in [0.5, 0.6) is 0 Å². The van der Waals surface area contributed by atoms with E-state index in [2.05, 4.69) is 19.8 Å². The first kappa shape index (κ1) is 18.1. The number of carbonyl (C=O) groups excluding carboxylic acids is 1. The summed E-state index contributed by atoms with van der Waals surface area (Å²) >= 11 is 5.75. The number of hydrogen-bond donors (Lipinski definition) is 0. The molecule has 4 rings (SSSR count). The number of rotatable bonds is 3. The first-order valence-electron chi connectivity index (χ1n) is 9.07. The molecule has 1 atom stereocenters. The van der Waals surface area contributed by atoms with Crippen LogP contribution in [0.1, 0.15) is 12.0 Å². The fraction of sp³-hybridized carbons (Fsp3) is 0.421. The van der Waals surface area contributed by atoms with Gasteiger partial charge in [-0.2, -0.15) is 0 Å². The summed E-state index contributed by atoms with van der Waals surface area (Å²) in [4.78, 5) is 27.6. The Morgan fingerprint density at radius 3 is 2.48 bits per heavy atom. The van der Waals surface area contributed by atoms with Crippen LogP contribution in [0.15, 0.2) is 30.6 Å². The molecular weight excluding hydrogens is 369 g/mol. The van der Waals surface area contributed by atoms with Gasteiger partial charge in [0.05, 0.1) is 11.1 Å². The van der Waals surface area contributed by atoms with E-state index in [9.17, 15) is 9.18 Å². The largest absolute Gasteiger partial charge is 0.338 e. The van der Waals surface area contributed by atoms with Gasteiger partial charge in [-0.1, -0.05) is 11.6 Å². The minimum atomic E-state index is -0.503. The molecule has 2 fully saturated rings. The van der Waals surface area contributed by atoms with Crippen molar-refractivity contribution in [2.75, 3.05) is 42.5 Å². The summed E-state index contributed by atoms with van der Waals surface area (Å²) in [6.07, 6.45) is 4.38. The highest BCUT2D eigenvalue weighted by Crippen LogP contribution is 2.28. The Balaban J connectivity index is 1.39. The molecular formula is C19H21ClFN5O. The van der Waals surface area contributed by atoms with Crippen LogP contribution in [-0.4, -0.2) is 59.5 Å². The molecule has 0 bridgehead atoms. The van der Waals surface area contributed by atoms with Crippen LogP contribution in [0.25, 0.3) is 0 Å². The molecule has 3 heterocycles. The average molecular weight is 390 g/mol. The van der Waals surface area contributed by atoms with Gasteiger partial charge in [-0.25, -0.2) is 14.4 Å². The minimum absolute atomic E-state index is 0.0248. The molecule has 0 spiro atoms. The number of piperazine rings is 1. The quantitative estimate of drug-likeness (QED) is 0.807. The lowest BCUT2D eigenvalue weighted by Gasteiger charge is -2.37. The third-order valence-corrected chi connectivity index (χ3v) is 5.50. The number of benzene rings is 1. The van der Waals surface area contributed by atoms with Gasteiger partial charge in [0, 0.05) is 50.8 Å². The van der Waals surface area contributed by atoms with Gasteiger partial charge in [-0.3, -0.25) is 9.69 Å². The number of hydrogen-bond acceptors (Lipinski definition) is 5. The first-order valence-corrected chi connectivity index (χ1v) is 9.45. The SMILES string of the molecule is Cc1cnc(N2CCN(C3CCN(c4ccc(Cl)c(F)c4)C3=O)CC2)nc1. The number of halogens is 2. The van der Waals surface area contributed by atoms with Crippen LogP contribution in [0.3, 0.4) is 0 Å². The summed E-state index contributed by atoms with van der Waals surface area (Å²) in [5, 5.41) is 0.0661. The molecule has 1 unspecified atom stereocenters. The maximum atomic E-state index is 13.7. The molecule has 27 heavy (non-hydrogen) atoms. The highest BCUT2D eigenvalue weighted by Gasteiger charge is 2.38. The van der Waals surface area contributed by atoms with E-state index in [1.807, 2.05) is 19.3 Å². The molecule has 1 aromatic heterocycles. The van der Waals surface area contributed by atoms with Crippen molar-refractivity contribution in [2.45, 2.75) is 19.4 Å². The Kier molecular flexibility index (Phi) is 4.97. The lowest BCUT2D eigenvalue weighted by Crippen LogP contribution is -2.53. The van der Waals surface area contributed by atoms with Crippen molar-refractivity contribution < 1.29 is 9.18 Å². The van der Waals surface area contributed by atoms with Crippen molar-refractivity contribution in [3.8, 4) is 0 Å². The second-order valence-corrected chi connectivity index (χ2v) is 7.38. The van der Waals surface area contributed by atoms with E-state index in [0.717, 1.165) is 44.1 Å². The molecule has 2 aliphatic rings. The lowest BCUT2D eigenvalue weighted by molar-refractivity contribution is -0.121. The fourth-order valence-electron chi connectivity index (χ4n) is 3.70. The molecule has 1 aromatic carbocycles. The minimum Gasteiger partial charge on any atom is -0.338 e. The average Bonchev–Trinajstić information content (AvgIpc) is 3.06.